The molecule has 3 N–H and O–H groups in total. The van der Waals surface area contributed by atoms with E-state index in [0.29, 0.717) is 28.6 Å². The van der Waals surface area contributed by atoms with Crippen molar-refractivity contribution in [1.82, 2.24) is 19.9 Å². The average Bonchev–Trinajstić information content (AvgIpc) is 3.37. The smallest absolute Gasteiger partial charge is 0.254 e. The van der Waals surface area contributed by atoms with Crippen molar-refractivity contribution in [3.8, 4) is 0 Å². The number of fused-ring (bicyclic) bond motifs is 1. The number of amides is 2. The van der Waals surface area contributed by atoms with Gasteiger partial charge in [0.1, 0.15) is 17.5 Å². The molecule has 2 amide bonds. The van der Waals surface area contributed by atoms with Gasteiger partial charge in [-0.2, -0.15) is 9.61 Å². The van der Waals surface area contributed by atoms with Gasteiger partial charge >= 0.3 is 0 Å². The molecule has 1 saturated heterocycles. The molecule has 158 valence electrons. The van der Waals surface area contributed by atoms with E-state index < -0.39 is 5.91 Å². The van der Waals surface area contributed by atoms with E-state index in [1.807, 2.05) is 19.1 Å². The topological polar surface area (TPSA) is 100 Å². The maximum atomic E-state index is 13.6. The highest BCUT2D eigenvalue weighted by Crippen LogP contribution is 2.29. The number of halogens is 1. The molecule has 2 fully saturated rings. The lowest BCUT2D eigenvalue weighted by Gasteiger charge is -2.17. The molecule has 1 atom stereocenters. The van der Waals surface area contributed by atoms with Gasteiger partial charge in [0, 0.05) is 23.2 Å². The molecule has 31 heavy (non-hydrogen) atoms. The fourth-order valence-corrected chi connectivity index (χ4v) is 3.58. The van der Waals surface area contributed by atoms with Crippen molar-refractivity contribution in [1.29, 1.82) is 0 Å². The Morgan fingerprint density at radius 3 is 2.84 bits per heavy atom. The van der Waals surface area contributed by atoms with Crippen LogP contribution in [0.2, 0.25) is 0 Å². The zero-order valence-corrected chi connectivity index (χ0v) is 16.9. The maximum absolute atomic E-state index is 13.6. The number of imide groups is 1. The molecule has 1 aliphatic carbocycles. The maximum Gasteiger partial charge on any atom is 0.254 e. The summed E-state index contributed by atoms with van der Waals surface area (Å²) in [7, 11) is 0. The molecular weight excluding hydrogens is 399 g/mol. The molecule has 3 heterocycles. The molecule has 2 aromatic heterocycles. The Bertz CT molecular complexity index is 1230. The minimum atomic E-state index is -0.394. The van der Waals surface area contributed by atoms with Crippen LogP contribution in [-0.4, -0.2) is 32.5 Å². The Balaban J connectivity index is 1.53. The van der Waals surface area contributed by atoms with Crippen molar-refractivity contribution in [3.63, 3.8) is 0 Å². The summed E-state index contributed by atoms with van der Waals surface area (Å²) < 4.78 is 15.3. The second kappa shape index (κ2) is 7.50. The zero-order chi connectivity index (χ0) is 21.5. The highest BCUT2D eigenvalue weighted by Gasteiger charge is 2.26. The highest BCUT2D eigenvalue weighted by molar-refractivity contribution is 6.15. The van der Waals surface area contributed by atoms with Crippen molar-refractivity contribution in [3.05, 3.63) is 59.0 Å². The molecular formula is C22H21FN6O2. The van der Waals surface area contributed by atoms with Crippen LogP contribution >= 0.6 is 0 Å². The zero-order valence-electron chi connectivity index (χ0n) is 16.9. The average molecular weight is 420 g/mol. The van der Waals surface area contributed by atoms with Gasteiger partial charge < -0.3 is 10.6 Å². The lowest BCUT2D eigenvalue weighted by molar-refractivity contribution is -0.124. The van der Waals surface area contributed by atoms with Gasteiger partial charge in [-0.25, -0.2) is 9.37 Å². The number of nitrogens with zero attached hydrogens (tertiary/aromatic N) is 3. The van der Waals surface area contributed by atoms with Gasteiger partial charge in [-0.05, 0) is 43.5 Å². The molecule has 3 aromatic rings. The van der Waals surface area contributed by atoms with Crippen LogP contribution in [0.1, 0.15) is 43.4 Å². The van der Waals surface area contributed by atoms with Crippen LogP contribution in [0.3, 0.4) is 0 Å². The van der Waals surface area contributed by atoms with Crippen LogP contribution in [0.4, 0.5) is 16.0 Å². The van der Waals surface area contributed by atoms with Gasteiger partial charge in [0.25, 0.3) is 5.91 Å². The summed E-state index contributed by atoms with van der Waals surface area (Å²) in [6, 6.07) is 8.52. The Morgan fingerprint density at radius 2 is 2.13 bits per heavy atom. The van der Waals surface area contributed by atoms with E-state index in [1.165, 1.54) is 12.1 Å². The summed E-state index contributed by atoms with van der Waals surface area (Å²) in [4.78, 5) is 28.2. The van der Waals surface area contributed by atoms with Crippen molar-refractivity contribution in [2.24, 2.45) is 0 Å². The summed E-state index contributed by atoms with van der Waals surface area (Å²) in [5.41, 5.74) is 2.38. The van der Waals surface area contributed by atoms with Crippen LogP contribution in [-0.2, 0) is 9.59 Å². The molecule has 1 aromatic carbocycles. The van der Waals surface area contributed by atoms with Crippen molar-refractivity contribution in [2.45, 2.75) is 38.3 Å². The first kappa shape index (κ1) is 19.2. The molecule has 0 radical (unpaired) electrons. The fraction of sp³-hybridized carbons (Fsp3) is 0.273. The summed E-state index contributed by atoms with van der Waals surface area (Å²) >= 11 is 0. The lowest BCUT2D eigenvalue weighted by atomic mass is 10.1. The van der Waals surface area contributed by atoms with E-state index >= 15 is 0 Å². The van der Waals surface area contributed by atoms with E-state index in [0.717, 1.165) is 24.2 Å². The lowest BCUT2D eigenvalue weighted by Crippen LogP contribution is -2.19. The number of carbonyl (C=O) groups excluding carboxylic acids is 2. The molecule has 8 nitrogen and oxygen atoms in total. The number of benzene rings is 1. The van der Waals surface area contributed by atoms with Gasteiger partial charge in [-0.15, -0.1) is 0 Å². The number of aromatic nitrogens is 3. The molecule has 1 unspecified atom stereocenters. The highest BCUT2D eigenvalue weighted by atomic mass is 19.1. The minimum absolute atomic E-state index is 0.0396. The predicted octanol–water partition coefficient (Wildman–Crippen LogP) is 3.05. The van der Waals surface area contributed by atoms with Crippen molar-refractivity contribution < 1.29 is 14.0 Å². The first-order chi connectivity index (χ1) is 15.0. The predicted molar refractivity (Wildman–Crippen MR) is 114 cm³/mol. The Morgan fingerprint density at radius 1 is 1.29 bits per heavy atom. The number of hydrogen-bond donors (Lipinski definition) is 3. The molecule has 1 aliphatic heterocycles. The van der Waals surface area contributed by atoms with E-state index in [1.54, 1.807) is 22.9 Å². The molecule has 5 rings (SSSR count). The number of hydrogen-bond acceptors (Lipinski definition) is 6. The third-order valence-corrected chi connectivity index (χ3v) is 5.37. The van der Waals surface area contributed by atoms with Crippen molar-refractivity contribution >= 4 is 35.2 Å². The summed E-state index contributed by atoms with van der Waals surface area (Å²) in [6.45, 7) is 1.93. The number of anilines is 2. The molecule has 0 spiro atoms. The van der Waals surface area contributed by atoms with Crippen LogP contribution in [0.25, 0.3) is 11.7 Å². The minimum Gasteiger partial charge on any atom is -0.367 e. The fourth-order valence-electron chi connectivity index (χ4n) is 3.58. The van der Waals surface area contributed by atoms with Gasteiger partial charge in [-0.1, -0.05) is 12.1 Å². The van der Waals surface area contributed by atoms with Crippen LogP contribution in [0, 0.1) is 5.82 Å². The van der Waals surface area contributed by atoms with Gasteiger partial charge in [0.15, 0.2) is 5.65 Å². The number of carbonyl (C=O) groups is 2. The molecule has 1 saturated carbocycles. The first-order valence-electron chi connectivity index (χ1n) is 10.2. The normalized spacial score (nSPS) is 18.5. The summed E-state index contributed by atoms with van der Waals surface area (Å²) in [5.74, 6) is 0.370. The third kappa shape index (κ3) is 3.98. The summed E-state index contributed by atoms with van der Waals surface area (Å²) in [5, 5.41) is 13.5. The number of nitrogens with one attached hydrogen (secondary N) is 3. The standard InChI is InChI=1S/C22H21FN6O2/c1-12(13-3-2-4-16(23)8-13)25-18-10-19(26-17-5-6-17)29-21(27-18)15(11-24-29)7-14-9-20(30)28-22(14)31/h2-4,7-8,10-12,17,26H,5-6,9H2,1H3,(H,25,27)(H,28,30,31)/b14-7+. The van der Waals surface area contributed by atoms with E-state index in [9.17, 15) is 14.0 Å². The molecule has 2 aliphatic rings. The van der Waals surface area contributed by atoms with Gasteiger partial charge in [-0.3, -0.25) is 14.9 Å². The SMILES string of the molecule is CC(Nc1cc(NC2CC2)n2ncc(/C=C3\CC(=O)NC3=O)c2n1)c1cccc(F)c1. The largest absolute Gasteiger partial charge is 0.367 e. The van der Waals surface area contributed by atoms with E-state index in [2.05, 4.69) is 21.0 Å². The second-order valence-electron chi connectivity index (χ2n) is 7.93. The number of rotatable bonds is 6. The Labute approximate surface area is 177 Å². The van der Waals surface area contributed by atoms with Crippen molar-refractivity contribution in [2.75, 3.05) is 10.6 Å². The first-order valence-corrected chi connectivity index (χ1v) is 10.2. The second-order valence-corrected chi connectivity index (χ2v) is 7.93. The quantitative estimate of drug-likeness (QED) is 0.419. The van der Waals surface area contributed by atoms with Gasteiger partial charge in [0.2, 0.25) is 5.91 Å². The summed E-state index contributed by atoms with van der Waals surface area (Å²) in [6.07, 6.45) is 5.50. The van der Waals surface area contributed by atoms with Crippen LogP contribution in [0.15, 0.2) is 42.1 Å². The molecule has 0 bridgehead atoms. The Kier molecular flexibility index (Phi) is 4.65. The Hall–Kier alpha value is -3.75. The third-order valence-electron chi connectivity index (χ3n) is 5.37. The van der Waals surface area contributed by atoms with Gasteiger partial charge in [0.05, 0.1) is 18.7 Å². The van der Waals surface area contributed by atoms with Crippen LogP contribution < -0.4 is 16.0 Å². The van der Waals surface area contributed by atoms with E-state index in [4.69, 9.17) is 4.98 Å². The van der Waals surface area contributed by atoms with E-state index in [-0.39, 0.29) is 24.2 Å². The van der Waals surface area contributed by atoms with Crippen LogP contribution in [0.5, 0.6) is 0 Å². The monoisotopic (exact) mass is 420 g/mol. The molecule has 9 heteroatoms.